The predicted octanol–water partition coefficient (Wildman–Crippen LogP) is 4.39. The fourth-order valence-electron chi connectivity index (χ4n) is 2.08. The molecule has 136 valence electrons. The van der Waals surface area contributed by atoms with Gasteiger partial charge in [-0.15, -0.1) is 10.2 Å². The third kappa shape index (κ3) is 4.26. The van der Waals surface area contributed by atoms with Crippen molar-refractivity contribution in [2.24, 2.45) is 0 Å². The molecule has 0 radical (unpaired) electrons. The average molecular weight is 383 g/mol. The van der Waals surface area contributed by atoms with Crippen molar-refractivity contribution in [3.05, 3.63) is 47.9 Å². The molecule has 0 unspecified atom stereocenters. The van der Waals surface area contributed by atoms with E-state index in [0.29, 0.717) is 11.3 Å². The summed E-state index contributed by atoms with van der Waals surface area (Å²) in [7, 11) is 0. The number of benzene rings is 1. The summed E-state index contributed by atoms with van der Waals surface area (Å²) in [6.45, 7) is 1.74. The number of alkyl halides is 3. The van der Waals surface area contributed by atoms with Crippen molar-refractivity contribution in [3.8, 4) is 11.5 Å². The number of nitrogens with one attached hydrogen (secondary N) is 1. The minimum atomic E-state index is -4.47. The molecular weight excluding hydrogens is 371 g/mol. The third-order valence-corrected chi connectivity index (χ3v) is 4.11. The van der Waals surface area contributed by atoms with Crippen molar-refractivity contribution < 1.29 is 26.8 Å². The normalized spacial score (nSPS) is 11.5. The molecule has 2 heterocycles. The number of anilines is 1. The number of carbonyl (C=O) groups excluding carboxylic acids is 1. The highest BCUT2D eigenvalue weighted by Crippen LogP contribution is 2.31. The second-order valence-corrected chi connectivity index (χ2v) is 6.11. The van der Waals surface area contributed by atoms with Crippen molar-refractivity contribution >= 4 is 23.4 Å². The van der Waals surface area contributed by atoms with Crippen LogP contribution in [0, 0.1) is 6.92 Å². The summed E-state index contributed by atoms with van der Waals surface area (Å²) in [5, 5.41) is 10.3. The van der Waals surface area contributed by atoms with E-state index < -0.39 is 17.6 Å². The molecule has 1 aromatic carbocycles. The van der Waals surface area contributed by atoms with E-state index in [1.54, 1.807) is 13.0 Å². The summed E-state index contributed by atoms with van der Waals surface area (Å²) >= 11 is 0.976. The van der Waals surface area contributed by atoms with Gasteiger partial charge in [-0.05, 0) is 31.2 Å². The molecule has 26 heavy (non-hydrogen) atoms. The van der Waals surface area contributed by atoms with Crippen LogP contribution < -0.4 is 5.32 Å². The van der Waals surface area contributed by atoms with Crippen LogP contribution in [0.3, 0.4) is 0 Å². The van der Waals surface area contributed by atoms with Crippen LogP contribution in [0.15, 0.2) is 50.7 Å². The average Bonchev–Trinajstić information content (AvgIpc) is 3.21. The van der Waals surface area contributed by atoms with Gasteiger partial charge in [-0.25, -0.2) is 0 Å². The minimum Gasteiger partial charge on any atom is -0.469 e. The number of halogens is 3. The van der Waals surface area contributed by atoms with Gasteiger partial charge >= 0.3 is 6.18 Å². The highest BCUT2D eigenvalue weighted by Gasteiger charge is 2.30. The van der Waals surface area contributed by atoms with Gasteiger partial charge in [0.25, 0.3) is 11.1 Å². The Balaban J connectivity index is 1.58. The molecule has 3 aromatic rings. The summed E-state index contributed by atoms with van der Waals surface area (Å²) in [6, 6.07) is 6.09. The molecule has 2 aromatic heterocycles. The van der Waals surface area contributed by atoms with Gasteiger partial charge in [0.1, 0.15) is 5.76 Å². The van der Waals surface area contributed by atoms with Crippen LogP contribution in [-0.2, 0) is 11.0 Å². The number of amides is 1. The Morgan fingerprint density at radius 2 is 2.08 bits per heavy atom. The van der Waals surface area contributed by atoms with Crippen molar-refractivity contribution in [1.82, 2.24) is 10.2 Å². The van der Waals surface area contributed by atoms with Gasteiger partial charge in [0.2, 0.25) is 5.91 Å². The summed E-state index contributed by atoms with van der Waals surface area (Å²) in [5.41, 5.74) is -0.122. The van der Waals surface area contributed by atoms with Crippen molar-refractivity contribution in [3.63, 3.8) is 0 Å². The highest BCUT2D eigenvalue weighted by atomic mass is 32.2. The van der Waals surface area contributed by atoms with Crippen molar-refractivity contribution in [2.45, 2.75) is 18.3 Å². The summed E-state index contributed by atoms with van der Waals surface area (Å²) in [5.74, 6) is 0.292. The zero-order valence-electron chi connectivity index (χ0n) is 13.3. The van der Waals surface area contributed by atoms with E-state index in [2.05, 4.69) is 15.5 Å². The van der Waals surface area contributed by atoms with E-state index in [0.717, 1.165) is 23.9 Å². The monoisotopic (exact) mass is 383 g/mol. The number of rotatable bonds is 5. The number of thioether (sulfide) groups is 1. The van der Waals surface area contributed by atoms with Crippen LogP contribution in [0.2, 0.25) is 0 Å². The SMILES string of the molecule is Cc1occc1-c1nnc(SCC(=O)Nc2cccc(C(F)(F)F)c2)o1. The number of hydrogen-bond acceptors (Lipinski definition) is 6. The molecule has 0 saturated carbocycles. The molecule has 10 heteroatoms. The lowest BCUT2D eigenvalue weighted by Gasteiger charge is -2.09. The quantitative estimate of drug-likeness (QED) is 0.658. The molecule has 0 atom stereocenters. The van der Waals surface area contributed by atoms with Gasteiger partial charge in [0, 0.05) is 5.69 Å². The van der Waals surface area contributed by atoms with Gasteiger partial charge in [0.15, 0.2) is 0 Å². The molecule has 1 amide bonds. The first-order chi connectivity index (χ1) is 12.3. The Labute approximate surface area is 149 Å². The Bertz CT molecular complexity index is 921. The lowest BCUT2D eigenvalue weighted by atomic mass is 10.2. The number of furan rings is 1. The van der Waals surface area contributed by atoms with E-state index in [1.807, 2.05) is 0 Å². The van der Waals surface area contributed by atoms with Crippen LogP contribution in [0.25, 0.3) is 11.5 Å². The Morgan fingerprint density at radius 3 is 2.77 bits per heavy atom. The van der Waals surface area contributed by atoms with E-state index in [9.17, 15) is 18.0 Å². The predicted molar refractivity (Wildman–Crippen MR) is 87.5 cm³/mol. The summed E-state index contributed by atoms with van der Waals surface area (Å²) in [4.78, 5) is 11.9. The topological polar surface area (TPSA) is 81.2 Å². The van der Waals surface area contributed by atoms with E-state index in [1.165, 1.54) is 18.4 Å². The van der Waals surface area contributed by atoms with Crippen LogP contribution >= 0.6 is 11.8 Å². The molecule has 1 N–H and O–H groups in total. The van der Waals surface area contributed by atoms with Crippen LogP contribution in [-0.4, -0.2) is 21.9 Å². The first-order valence-electron chi connectivity index (χ1n) is 7.31. The Hall–Kier alpha value is -2.75. The maximum atomic E-state index is 12.7. The smallest absolute Gasteiger partial charge is 0.416 e. The maximum Gasteiger partial charge on any atom is 0.416 e. The zero-order chi connectivity index (χ0) is 18.7. The molecular formula is C16H12F3N3O3S. The van der Waals surface area contributed by atoms with E-state index >= 15 is 0 Å². The number of aromatic nitrogens is 2. The van der Waals surface area contributed by atoms with Crippen LogP contribution in [0.5, 0.6) is 0 Å². The molecule has 0 fully saturated rings. The van der Waals surface area contributed by atoms with E-state index in [4.69, 9.17) is 8.83 Å². The maximum absolute atomic E-state index is 12.7. The Kier molecular flexibility index (Phi) is 5.03. The van der Waals surface area contributed by atoms with Gasteiger partial charge < -0.3 is 14.2 Å². The lowest BCUT2D eigenvalue weighted by Crippen LogP contribution is -2.15. The standard InChI is InChI=1S/C16H12F3N3O3S/c1-9-12(5-6-24-9)14-21-22-15(25-14)26-8-13(23)20-11-4-2-3-10(7-11)16(17,18)19/h2-7H,8H2,1H3,(H,20,23). The fraction of sp³-hybridized carbons (Fsp3) is 0.188. The first-order valence-corrected chi connectivity index (χ1v) is 8.29. The van der Waals surface area contributed by atoms with Crippen molar-refractivity contribution in [1.29, 1.82) is 0 Å². The zero-order valence-corrected chi connectivity index (χ0v) is 14.1. The first kappa shape index (κ1) is 18.1. The van der Waals surface area contributed by atoms with Gasteiger partial charge in [-0.1, -0.05) is 17.8 Å². The summed E-state index contributed by atoms with van der Waals surface area (Å²) in [6.07, 6.45) is -2.98. The Morgan fingerprint density at radius 1 is 1.27 bits per heavy atom. The molecule has 0 aliphatic carbocycles. The van der Waals surface area contributed by atoms with Gasteiger partial charge in [-0.2, -0.15) is 13.2 Å². The molecule has 0 spiro atoms. The molecule has 6 nitrogen and oxygen atoms in total. The molecule has 0 saturated heterocycles. The molecule has 0 bridgehead atoms. The van der Waals surface area contributed by atoms with E-state index in [-0.39, 0.29) is 22.6 Å². The fourth-order valence-corrected chi connectivity index (χ4v) is 2.64. The molecule has 3 rings (SSSR count). The molecule has 0 aliphatic rings. The van der Waals surface area contributed by atoms with Crippen LogP contribution in [0.1, 0.15) is 11.3 Å². The second kappa shape index (κ2) is 7.24. The number of aryl methyl sites for hydroxylation is 1. The van der Waals surface area contributed by atoms with Crippen LogP contribution in [0.4, 0.5) is 18.9 Å². The second-order valence-electron chi connectivity index (χ2n) is 5.18. The minimum absolute atomic E-state index is 0.0608. The largest absolute Gasteiger partial charge is 0.469 e. The number of hydrogen-bond donors (Lipinski definition) is 1. The lowest BCUT2D eigenvalue weighted by molar-refractivity contribution is -0.137. The van der Waals surface area contributed by atoms with Gasteiger partial charge in [-0.3, -0.25) is 4.79 Å². The van der Waals surface area contributed by atoms with Gasteiger partial charge in [0.05, 0.1) is 23.1 Å². The number of nitrogens with zero attached hydrogens (tertiary/aromatic N) is 2. The highest BCUT2D eigenvalue weighted by molar-refractivity contribution is 7.99. The third-order valence-electron chi connectivity index (χ3n) is 3.30. The van der Waals surface area contributed by atoms with Crippen molar-refractivity contribution in [2.75, 3.05) is 11.1 Å². The number of carbonyl (C=O) groups is 1. The summed E-state index contributed by atoms with van der Waals surface area (Å²) < 4.78 is 48.6. The molecule has 0 aliphatic heterocycles.